The van der Waals surface area contributed by atoms with Gasteiger partial charge in [-0.2, -0.15) is 0 Å². The van der Waals surface area contributed by atoms with Crippen LogP contribution in [0.1, 0.15) is 29.5 Å². The minimum atomic E-state index is -0.584. The first kappa shape index (κ1) is 21.0. The number of hydrogen-bond donors (Lipinski definition) is 1. The van der Waals surface area contributed by atoms with Crippen molar-refractivity contribution >= 4 is 35.2 Å². The molecule has 0 aliphatic rings. The highest BCUT2D eigenvalue weighted by Crippen LogP contribution is 2.29. The second-order valence-corrected chi connectivity index (χ2v) is 7.59. The number of halogens is 1. The van der Waals surface area contributed by atoms with E-state index in [1.54, 1.807) is 61.0 Å². The number of benzene rings is 1. The van der Waals surface area contributed by atoms with Gasteiger partial charge in [-0.15, -0.1) is 0 Å². The first-order chi connectivity index (χ1) is 14.1. The number of pyridine rings is 1. The molecule has 29 heavy (non-hydrogen) atoms. The van der Waals surface area contributed by atoms with Crippen LogP contribution in [0.3, 0.4) is 0 Å². The smallest absolute Gasteiger partial charge is 0.346 e. The third kappa shape index (κ3) is 5.62. The summed E-state index contributed by atoms with van der Waals surface area (Å²) < 4.78 is 10.6. The monoisotopic (exact) mass is 430 g/mol. The van der Waals surface area contributed by atoms with Gasteiger partial charge in [-0.3, -0.25) is 4.79 Å². The van der Waals surface area contributed by atoms with Gasteiger partial charge in [-0.1, -0.05) is 42.4 Å². The van der Waals surface area contributed by atoms with Crippen molar-refractivity contribution in [3.63, 3.8) is 0 Å². The Morgan fingerprint density at radius 3 is 2.76 bits per heavy atom. The van der Waals surface area contributed by atoms with Crippen molar-refractivity contribution in [1.82, 2.24) is 10.3 Å². The molecular formula is C21H19ClN2O4S. The number of aromatic nitrogens is 1. The van der Waals surface area contributed by atoms with Crippen LogP contribution in [-0.2, 0) is 11.3 Å². The SMILES string of the molecule is CC[C@H](Sc1ncccc1C(=O)Oc1ccccc1Cl)C(=O)NCc1ccco1. The lowest BCUT2D eigenvalue weighted by molar-refractivity contribution is -0.120. The van der Waals surface area contributed by atoms with Crippen LogP contribution in [0.4, 0.5) is 0 Å². The van der Waals surface area contributed by atoms with E-state index in [1.807, 2.05) is 6.92 Å². The van der Waals surface area contributed by atoms with Crippen LogP contribution in [0.15, 0.2) is 70.4 Å². The molecule has 1 N–H and O–H groups in total. The first-order valence-corrected chi connectivity index (χ1v) is 10.2. The van der Waals surface area contributed by atoms with Gasteiger partial charge in [-0.05, 0) is 42.8 Å². The van der Waals surface area contributed by atoms with E-state index in [-0.39, 0.29) is 17.2 Å². The van der Waals surface area contributed by atoms with Gasteiger partial charge in [0.1, 0.15) is 16.5 Å². The van der Waals surface area contributed by atoms with E-state index in [9.17, 15) is 9.59 Å². The van der Waals surface area contributed by atoms with Crippen molar-refractivity contribution in [3.8, 4) is 5.75 Å². The Morgan fingerprint density at radius 2 is 2.03 bits per heavy atom. The van der Waals surface area contributed by atoms with Crippen LogP contribution in [0.5, 0.6) is 5.75 Å². The largest absolute Gasteiger partial charge is 0.467 e. The molecule has 3 rings (SSSR count). The van der Waals surface area contributed by atoms with Crippen LogP contribution in [0.2, 0.25) is 5.02 Å². The number of nitrogens with zero attached hydrogens (tertiary/aromatic N) is 1. The molecule has 2 aromatic heterocycles. The van der Waals surface area contributed by atoms with Crippen molar-refractivity contribution in [3.05, 3.63) is 77.3 Å². The predicted octanol–water partition coefficient (Wildman–Crippen LogP) is 4.73. The molecule has 0 spiro atoms. The summed E-state index contributed by atoms with van der Waals surface area (Å²) in [6.45, 7) is 2.20. The highest BCUT2D eigenvalue weighted by atomic mass is 35.5. The average molecular weight is 431 g/mol. The molecule has 0 aliphatic carbocycles. The number of carbonyl (C=O) groups excluding carboxylic acids is 2. The van der Waals surface area contributed by atoms with Crippen LogP contribution in [0.25, 0.3) is 0 Å². The van der Waals surface area contributed by atoms with Gasteiger partial charge < -0.3 is 14.5 Å². The van der Waals surface area contributed by atoms with Crippen molar-refractivity contribution in [2.75, 3.05) is 0 Å². The lowest BCUT2D eigenvalue weighted by atomic mass is 10.3. The average Bonchev–Trinajstić information content (AvgIpc) is 3.26. The number of thioether (sulfide) groups is 1. The highest BCUT2D eigenvalue weighted by Gasteiger charge is 2.23. The van der Waals surface area contributed by atoms with E-state index in [0.29, 0.717) is 28.8 Å². The van der Waals surface area contributed by atoms with Crippen molar-refractivity contribution in [2.24, 2.45) is 0 Å². The Labute approximate surface area is 177 Å². The predicted molar refractivity (Wildman–Crippen MR) is 111 cm³/mol. The zero-order valence-corrected chi connectivity index (χ0v) is 17.2. The Bertz CT molecular complexity index is 978. The second kappa shape index (κ2) is 10.1. The molecule has 6 nitrogen and oxygen atoms in total. The number of carbonyl (C=O) groups is 2. The second-order valence-electron chi connectivity index (χ2n) is 5.99. The maximum Gasteiger partial charge on any atom is 0.346 e. The topological polar surface area (TPSA) is 81.4 Å². The third-order valence-electron chi connectivity index (χ3n) is 3.96. The first-order valence-electron chi connectivity index (χ1n) is 8.97. The fraction of sp³-hybridized carbons (Fsp3) is 0.190. The Kier molecular flexibility index (Phi) is 7.32. The minimum Gasteiger partial charge on any atom is -0.467 e. The highest BCUT2D eigenvalue weighted by molar-refractivity contribution is 8.00. The van der Waals surface area contributed by atoms with Crippen molar-refractivity contribution < 1.29 is 18.7 Å². The van der Waals surface area contributed by atoms with E-state index in [1.165, 1.54) is 11.8 Å². The summed E-state index contributed by atoms with van der Waals surface area (Å²) in [6, 6.07) is 13.5. The number of esters is 1. The molecule has 0 radical (unpaired) electrons. The molecule has 0 unspecified atom stereocenters. The van der Waals surface area contributed by atoms with Gasteiger partial charge in [0.05, 0.1) is 28.6 Å². The lowest BCUT2D eigenvalue weighted by Gasteiger charge is -2.15. The van der Waals surface area contributed by atoms with E-state index < -0.39 is 11.2 Å². The van der Waals surface area contributed by atoms with Crippen LogP contribution in [-0.4, -0.2) is 22.1 Å². The number of rotatable bonds is 8. The summed E-state index contributed by atoms with van der Waals surface area (Å²) >= 11 is 7.28. The van der Waals surface area contributed by atoms with E-state index in [0.717, 1.165) is 0 Å². The third-order valence-corrected chi connectivity index (χ3v) is 5.66. The lowest BCUT2D eigenvalue weighted by Crippen LogP contribution is -2.32. The van der Waals surface area contributed by atoms with Gasteiger partial charge >= 0.3 is 5.97 Å². The summed E-state index contributed by atoms with van der Waals surface area (Å²) in [5.41, 5.74) is 0.273. The van der Waals surface area contributed by atoms with Gasteiger partial charge in [-0.25, -0.2) is 9.78 Å². The summed E-state index contributed by atoms with van der Waals surface area (Å²) in [5, 5.41) is 3.17. The molecule has 8 heteroatoms. The molecule has 0 fully saturated rings. The maximum absolute atomic E-state index is 12.7. The molecule has 1 aromatic carbocycles. The zero-order chi connectivity index (χ0) is 20.6. The quantitative estimate of drug-likeness (QED) is 0.316. The van der Waals surface area contributed by atoms with Gasteiger partial charge in [0, 0.05) is 6.20 Å². The molecular weight excluding hydrogens is 412 g/mol. The van der Waals surface area contributed by atoms with Crippen LogP contribution >= 0.6 is 23.4 Å². The summed E-state index contributed by atoms with van der Waals surface area (Å²) in [4.78, 5) is 29.5. The fourth-order valence-electron chi connectivity index (χ4n) is 2.48. The van der Waals surface area contributed by atoms with Gasteiger partial charge in [0.15, 0.2) is 0 Å². The Morgan fingerprint density at radius 1 is 1.21 bits per heavy atom. The van der Waals surface area contributed by atoms with Crippen molar-refractivity contribution in [1.29, 1.82) is 0 Å². The van der Waals surface area contributed by atoms with Gasteiger partial charge in [0.2, 0.25) is 5.91 Å². The summed E-state index contributed by atoms with van der Waals surface area (Å²) in [5.74, 6) is 0.187. The van der Waals surface area contributed by atoms with Crippen LogP contribution in [0, 0.1) is 0 Å². The molecule has 1 atom stereocenters. The number of amides is 1. The molecule has 150 valence electrons. The molecule has 0 bridgehead atoms. The summed E-state index contributed by atoms with van der Waals surface area (Å²) in [7, 11) is 0. The number of para-hydroxylation sites is 1. The molecule has 0 saturated carbocycles. The van der Waals surface area contributed by atoms with E-state index in [4.69, 9.17) is 20.8 Å². The number of ether oxygens (including phenoxy) is 1. The summed E-state index contributed by atoms with van der Waals surface area (Å²) in [6.07, 6.45) is 3.69. The Hall–Kier alpha value is -2.77. The zero-order valence-electron chi connectivity index (χ0n) is 15.6. The molecule has 0 aliphatic heterocycles. The fourth-order valence-corrected chi connectivity index (χ4v) is 3.68. The Balaban J connectivity index is 1.70. The van der Waals surface area contributed by atoms with E-state index in [2.05, 4.69) is 10.3 Å². The van der Waals surface area contributed by atoms with Crippen molar-refractivity contribution in [2.45, 2.75) is 30.2 Å². The normalized spacial score (nSPS) is 11.7. The number of nitrogens with one attached hydrogen (secondary N) is 1. The molecule has 0 saturated heterocycles. The van der Waals surface area contributed by atoms with Gasteiger partial charge in [0.25, 0.3) is 0 Å². The van der Waals surface area contributed by atoms with Crippen LogP contribution < -0.4 is 10.1 Å². The standard InChI is InChI=1S/C21H19ClN2O4S/c1-2-18(19(25)24-13-14-7-6-12-27-14)29-20-15(8-5-11-23-20)21(26)28-17-10-4-3-9-16(17)22/h3-12,18H,2,13H2,1H3,(H,24,25)/t18-/m0/s1. The van der Waals surface area contributed by atoms with E-state index >= 15 is 0 Å². The number of furan rings is 1. The number of hydrogen-bond acceptors (Lipinski definition) is 6. The molecule has 3 aromatic rings. The minimum absolute atomic E-state index is 0.162. The molecule has 1 amide bonds. The maximum atomic E-state index is 12.7. The molecule has 2 heterocycles.